The van der Waals surface area contributed by atoms with E-state index in [0.717, 1.165) is 0 Å². The van der Waals surface area contributed by atoms with Crippen LogP contribution in [0.3, 0.4) is 0 Å². The van der Waals surface area contributed by atoms with Crippen LogP contribution in [0.25, 0.3) is 6.08 Å². The molecule has 0 aliphatic rings. The first kappa shape index (κ1) is 16.5. The molecule has 114 valence electrons. The van der Waals surface area contributed by atoms with Crippen LogP contribution in [0.2, 0.25) is 10.0 Å². The molecule has 0 aliphatic heterocycles. The molecule has 0 aromatic heterocycles. The topological polar surface area (TPSA) is 26.3 Å². The minimum Gasteiger partial charge on any atom is -0.435 e. The molecule has 2 aromatic carbocycles. The Morgan fingerprint density at radius 3 is 2.36 bits per heavy atom. The van der Waals surface area contributed by atoms with Crippen LogP contribution in [-0.2, 0) is 0 Å². The number of allylic oxidation sites excluding steroid dienone is 1. The number of halogens is 4. The fourth-order valence-electron chi connectivity index (χ4n) is 1.71. The second-order valence-corrected chi connectivity index (χ2v) is 5.11. The number of carbonyl (C=O) groups excluding carboxylic acids is 1. The molecule has 0 unspecified atom stereocenters. The number of carbonyl (C=O) groups is 1. The summed E-state index contributed by atoms with van der Waals surface area (Å²) in [6.45, 7) is -2.87. The second-order valence-electron chi connectivity index (χ2n) is 4.27. The van der Waals surface area contributed by atoms with Crippen LogP contribution in [0.5, 0.6) is 5.75 Å². The number of benzene rings is 2. The zero-order valence-electron chi connectivity index (χ0n) is 11.1. The van der Waals surface area contributed by atoms with Crippen LogP contribution in [0.1, 0.15) is 15.9 Å². The summed E-state index contributed by atoms with van der Waals surface area (Å²) in [7, 11) is 0. The molecular weight excluding hydrogens is 333 g/mol. The molecule has 0 spiro atoms. The lowest BCUT2D eigenvalue weighted by atomic mass is 10.1. The molecule has 0 fully saturated rings. The van der Waals surface area contributed by atoms with Gasteiger partial charge in [-0.25, -0.2) is 0 Å². The van der Waals surface area contributed by atoms with Crippen LogP contribution >= 0.6 is 23.2 Å². The van der Waals surface area contributed by atoms with Gasteiger partial charge in [-0.1, -0.05) is 41.4 Å². The summed E-state index contributed by atoms with van der Waals surface area (Å²) in [5, 5.41) is 0.711. The fraction of sp³-hybridized carbons (Fsp3) is 0.0625. The average molecular weight is 343 g/mol. The van der Waals surface area contributed by atoms with Gasteiger partial charge in [-0.05, 0) is 42.0 Å². The van der Waals surface area contributed by atoms with Gasteiger partial charge in [0.2, 0.25) is 0 Å². The van der Waals surface area contributed by atoms with Crippen LogP contribution in [0, 0.1) is 0 Å². The van der Waals surface area contributed by atoms with Crippen molar-refractivity contribution in [3.8, 4) is 5.75 Å². The van der Waals surface area contributed by atoms with Crippen molar-refractivity contribution in [1.82, 2.24) is 0 Å². The third-order valence-corrected chi connectivity index (χ3v) is 3.28. The van der Waals surface area contributed by atoms with Gasteiger partial charge in [0.05, 0.1) is 5.02 Å². The van der Waals surface area contributed by atoms with Gasteiger partial charge < -0.3 is 4.74 Å². The van der Waals surface area contributed by atoms with Gasteiger partial charge in [-0.2, -0.15) is 8.78 Å². The Labute approximate surface area is 135 Å². The van der Waals surface area contributed by atoms with Crippen molar-refractivity contribution in [2.24, 2.45) is 0 Å². The molecule has 0 heterocycles. The first-order valence-electron chi connectivity index (χ1n) is 6.18. The summed E-state index contributed by atoms with van der Waals surface area (Å²) in [5.74, 6) is -0.228. The van der Waals surface area contributed by atoms with Crippen molar-refractivity contribution in [2.75, 3.05) is 0 Å². The molecule has 0 bridgehead atoms. The standard InChI is InChI=1S/C16H10Cl2F2O2/c17-11-4-7-13(14(18)9-11)15(21)8-3-10-1-5-12(6-2-10)22-16(19)20/h1-9,16H. The minimum atomic E-state index is -2.87. The highest BCUT2D eigenvalue weighted by molar-refractivity contribution is 6.37. The molecule has 2 rings (SSSR count). The highest BCUT2D eigenvalue weighted by Gasteiger charge is 2.08. The van der Waals surface area contributed by atoms with E-state index in [-0.39, 0.29) is 16.6 Å². The first-order chi connectivity index (χ1) is 10.5. The smallest absolute Gasteiger partial charge is 0.387 e. The summed E-state index contributed by atoms with van der Waals surface area (Å²) in [4.78, 5) is 12.0. The van der Waals surface area contributed by atoms with Crippen molar-refractivity contribution in [1.29, 1.82) is 0 Å². The van der Waals surface area contributed by atoms with Gasteiger partial charge in [-0.15, -0.1) is 0 Å². The van der Waals surface area contributed by atoms with Gasteiger partial charge in [-0.3, -0.25) is 4.79 Å². The molecule has 2 aromatic rings. The predicted octanol–water partition coefficient (Wildman–Crippen LogP) is 5.49. The molecule has 0 N–H and O–H groups in total. The zero-order chi connectivity index (χ0) is 16.1. The Hall–Kier alpha value is -1.91. The summed E-state index contributed by atoms with van der Waals surface area (Å²) >= 11 is 11.7. The molecule has 0 saturated heterocycles. The first-order valence-corrected chi connectivity index (χ1v) is 6.93. The molecular formula is C16H10Cl2F2O2. The number of alkyl halides is 2. The maximum atomic E-state index is 12.0. The number of ketones is 1. The van der Waals surface area contributed by atoms with E-state index in [1.165, 1.54) is 30.3 Å². The predicted molar refractivity (Wildman–Crippen MR) is 82.9 cm³/mol. The zero-order valence-corrected chi connectivity index (χ0v) is 12.6. The Balaban J connectivity index is 2.09. The maximum Gasteiger partial charge on any atom is 0.387 e. The van der Waals surface area contributed by atoms with E-state index in [0.29, 0.717) is 16.1 Å². The van der Waals surface area contributed by atoms with Crippen LogP contribution < -0.4 is 4.74 Å². The number of hydrogen-bond donors (Lipinski definition) is 0. The van der Waals surface area contributed by atoms with Crippen LogP contribution in [-0.4, -0.2) is 12.4 Å². The molecule has 6 heteroatoms. The SMILES string of the molecule is O=C(C=Cc1ccc(OC(F)F)cc1)c1ccc(Cl)cc1Cl. The molecule has 0 atom stereocenters. The molecule has 2 nitrogen and oxygen atoms in total. The van der Waals surface area contributed by atoms with Crippen LogP contribution in [0.15, 0.2) is 48.5 Å². The quantitative estimate of drug-likeness (QED) is 0.530. The highest BCUT2D eigenvalue weighted by atomic mass is 35.5. The molecule has 0 radical (unpaired) electrons. The Morgan fingerprint density at radius 1 is 1.09 bits per heavy atom. The third kappa shape index (κ3) is 4.55. The maximum absolute atomic E-state index is 12.0. The van der Waals surface area contributed by atoms with Gasteiger partial charge in [0.15, 0.2) is 5.78 Å². The van der Waals surface area contributed by atoms with Crippen molar-refractivity contribution >= 4 is 35.1 Å². The Kier molecular flexibility index (Phi) is 5.52. The second kappa shape index (κ2) is 7.38. The summed E-state index contributed by atoms with van der Waals surface area (Å²) in [6.07, 6.45) is 2.90. The largest absolute Gasteiger partial charge is 0.435 e. The van der Waals surface area contributed by atoms with E-state index in [2.05, 4.69) is 4.74 Å². The van der Waals surface area contributed by atoms with E-state index in [4.69, 9.17) is 23.2 Å². The van der Waals surface area contributed by atoms with Crippen molar-refractivity contribution in [2.45, 2.75) is 6.61 Å². The summed E-state index contributed by atoms with van der Waals surface area (Å²) < 4.78 is 28.3. The lowest BCUT2D eigenvalue weighted by Crippen LogP contribution is -2.01. The molecule has 0 amide bonds. The lowest BCUT2D eigenvalue weighted by molar-refractivity contribution is -0.0498. The van der Waals surface area contributed by atoms with Crippen molar-refractivity contribution in [3.63, 3.8) is 0 Å². The monoisotopic (exact) mass is 342 g/mol. The average Bonchev–Trinajstić information content (AvgIpc) is 2.45. The van der Waals surface area contributed by atoms with Crippen molar-refractivity contribution in [3.05, 3.63) is 69.7 Å². The van der Waals surface area contributed by atoms with E-state index in [9.17, 15) is 13.6 Å². The van der Waals surface area contributed by atoms with Gasteiger partial charge >= 0.3 is 6.61 Å². The fourth-order valence-corrected chi connectivity index (χ4v) is 2.21. The van der Waals surface area contributed by atoms with Gasteiger partial charge in [0, 0.05) is 10.6 Å². The third-order valence-electron chi connectivity index (χ3n) is 2.73. The van der Waals surface area contributed by atoms with Gasteiger partial charge in [0.1, 0.15) is 5.75 Å². The molecule has 22 heavy (non-hydrogen) atoms. The van der Waals surface area contributed by atoms with E-state index < -0.39 is 6.61 Å². The summed E-state index contributed by atoms with van der Waals surface area (Å²) in [6, 6.07) is 10.5. The highest BCUT2D eigenvalue weighted by Crippen LogP contribution is 2.22. The lowest BCUT2D eigenvalue weighted by Gasteiger charge is -2.04. The summed E-state index contributed by atoms with van der Waals surface area (Å²) in [5.41, 5.74) is 1.00. The molecule has 0 aliphatic carbocycles. The Morgan fingerprint density at radius 2 is 1.77 bits per heavy atom. The number of rotatable bonds is 5. The number of ether oxygens (including phenoxy) is 1. The van der Waals surface area contributed by atoms with Gasteiger partial charge in [0.25, 0.3) is 0 Å². The van der Waals surface area contributed by atoms with E-state index in [1.54, 1.807) is 24.3 Å². The van der Waals surface area contributed by atoms with Crippen molar-refractivity contribution < 1.29 is 18.3 Å². The number of hydrogen-bond acceptors (Lipinski definition) is 2. The normalized spacial score (nSPS) is 11.1. The van der Waals surface area contributed by atoms with Crippen LogP contribution in [0.4, 0.5) is 8.78 Å². The Bertz CT molecular complexity index is 698. The molecule has 0 saturated carbocycles. The van der Waals surface area contributed by atoms with E-state index >= 15 is 0 Å². The van der Waals surface area contributed by atoms with E-state index in [1.807, 2.05) is 0 Å². The minimum absolute atomic E-state index is 0.0548.